The van der Waals surface area contributed by atoms with Crippen molar-refractivity contribution in [3.8, 4) is 11.8 Å². The molecule has 0 atom stereocenters. The van der Waals surface area contributed by atoms with E-state index in [0.717, 1.165) is 30.5 Å². The SMILES string of the molecule is Cc1ccc(C(N)=O)cc1C#CC(=N)c1c(N)ncnc1NC1CCCCC1.FC(F)(F)c1ccccc1. The Morgan fingerprint density at radius 2 is 1.76 bits per heavy atom. The molecule has 1 heterocycles. The van der Waals surface area contributed by atoms with Gasteiger partial charge < -0.3 is 16.8 Å². The number of nitrogens with two attached hydrogens (primary N) is 2. The average molecular weight is 523 g/mol. The minimum atomic E-state index is -4.21. The summed E-state index contributed by atoms with van der Waals surface area (Å²) in [4.78, 5) is 19.7. The van der Waals surface area contributed by atoms with Crippen LogP contribution < -0.4 is 16.8 Å². The smallest absolute Gasteiger partial charge is 0.383 e. The number of amides is 1. The van der Waals surface area contributed by atoms with Crippen molar-refractivity contribution < 1.29 is 18.0 Å². The predicted molar refractivity (Wildman–Crippen MR) is 142 cm³/mol. The highest BCUT2D eigenvalue weighted by Crippen LogP contribution is 2.28. The number of benzene rings is 2. The Bertz CT molecular complexity index is 1340. The summed E-state index contributed by atoms with van der Waals surface area (Å²) in [6.45, 7) is 1.88. The number of aromatic nitrogens is 2. The highest BCUT2D eigenvalue weighted by Gasteiger charge is 2.29. The van der Waals surface area contributed by atoms with Gasteiger partial charge in [0.25, 0.3) is 0 Å². The first kappa shape index (κ1) is 28.2. The van der Waals surface area contributed by atoms with Crippen LogP contribution in [0.25, 0.3) is 0 Å². The summed E-state index contributed by atoms with van der Waals surface area (Å²) in [5.74, 6) is 6.01. The van der Waals surface area contributed by atoms with Crippen LogP contribution in [-0.4, -0.2) is 27.6 Å². The third-order valence-corrected chi connectivity index (χ3v) is 6.02. The van der Waals surface area contributed by atoms with Gasteiger partial charge in [0.15, 0.2) is 0 Å². The Balaban J connectivity index is 0.000000336. The largest absolute Gasteiger partial charge is 0.416 e. The van der Waals surface area contributed by atoms with Crippen LogP contribution in [0.5, 0.6) is 0 Å². The molecule has 0 saturated heterocycles. The fourth-order valence-electron chi connectivity index (χ4n) is 3.92. The van der Waals surface area contributed by atoms with Crippen molar-refractivity contribution in [2.45, 2.75) is 51.2 Å². The van der Waals surface area contributed by atoms with E-state index in [0.29, 0.717) is 28.6 Å². The lowest BCUT2D eigenvalue weighted by molar-refractivity contribution is -0.137. The molecule has 1 fully saturated rings. The highest BCUT2D eigenvalue weighted by atomic mass is 19.4. The Morgan fingerprint density at radius 1 is 1.08 bits per heavy atom. The van der Waals surface area contributed by atoms with Gasteiger partial charge in [0, 0.05) is 17.2 Å². The molecule has 1 aliphatic carbocycles. The van der Waals surface area contributed by atoms with E-state index >= 15 is 0 Å². The zero-order valence-corrected chi connectivity index (χ0v) is 20.9. The number of nitrogens with zero attached hydrogens (tertiary/aromatic N) is 2. The quantitative estimate of drug-likeness (QED) is 0.272. The maximum absolute atomic E-state index is 11.8. The second-order valence-corrected chi connectivity index (χ2v) is 8.84. The summed E-state index contributed by atoms with van der Waals surface area (Å²) < 4.78 is 35.4. The molecule has 0 radical (unpaired) electrons. The Hall–Kier alpha value is -4.39. The van der Waals surface area contributed by atoms with Crippen LogP contribution in [-0.2, 0) is 6.18 Å². The number of carbonyl (C=O) groups excluding carboxylic acids is 1. The summed E-state index contributed by atoms with van der Waals surface area (Å²) in [7, 11) is 0. The summed E-state index contributed by atoms with van der Waals surface area (Å²) in [6, 6.07) is 11.7. The zero-order valence-electron chi connectivity index (χ0n) is 20.9. The number of nitrogens with one attached hydrogen (secondary N) is 2. The van der Waals surface area contributed by atoms with E-state index in [9.17, 15) is 18.0 Å². The van der Waals surface area contributed by atoms with Crippen LogP contribution >= 0.6 is 0 Å². The summed E-state index contributed by atoms with van der Waals surface area (Å²) >= 11 is 0. The van der Waals surface area contributed by atoms with Crippen molar-refractivity contribution >= 4 is 23.3 Å². The molecular weight excluding hydrogens is 493 g/mol. The number of nitrogen functional groups attached to an aromatic ring is 1. The van der Waals surface area contributed by atoms with Gasteiger partial charge in [-0.2, -0.15) is 13.2 Å². The number of hydrogen-bond acceptors (Lipinski definition) is 6. The molecule has 1 aliphatic rings. The van der Waals surface area contributed by atoms with Gasteiger partial charge in [-0.25, -0.2) is 9.97 Å². The topological polar surface area (TPSA) is 131 Å². The van der Waals surface area contributed by atoms with Gasteiger partial charge in [0.2, 0.25) is 5.91 Å². The normalized spacial score (nSPS) is 13.4. The van der Waals surface area contributed by atoms with Crippen LogP contribution in [0.1, 0.15) is 64.7 Å². The average Bonchev–Trinajstić information content (AvgIpc) is 2.89. The van der Waals surface area contributed by atoms with Crippen LogP contribution in [0.2, 0.25) is 0 Å². The van der Waals surface area contributed by atoms with Crippen molar-refractivity contribution in [1.82, 2.24) is 9.97 Å². The number of carbonyl (C=O) groups is 1. The predicted octanol–water partition coefficient (Wildman–Crippen LogP) is 5.34. The van der Waals surface area contributed by atoms with E-state index in [-0.39, 0.29) is 11.5 Å². The number of primary amides is 1. The third-order valence-electron chi connectivity index (χ3n) is 6.02. The fraction of sp³-hybridized carbons (Fsp3) is 0.286. The van der Waals surface area contributed by atoms with Crippen LogP contribution in [0.4, 0.5) is 24.8 Å². The highest BCUT2D eigenvalue weighted by molar-refractivity contribution is 6.16. The second kappa shape index (κ2) is 12.7. The Morgan fingerprint density at radius 3 is 2.37 bits per heavy atom. The molecule has 0 unspecified atom stereocenters. The van der Waals surface area contributed by atoms with Crippen molar-refractivity contribution in [1.29, 1.82) is 5.41 Å². The standard InChI is InChI=1S/C21H24N6O.C7H5F3/c1-13-7-8-15(20(24)28)11-14(13)9-10-17(22)18-19(23)25-12-26-21(18)27-16-5-3-2-4-6-16;8-7(9,10)6-4-2-1-3-5-6/h7-8,11-12,16,22H,2-6H2,1H3,(H2,24,28)(H3,23,25,26,27);1-5H. The molecule has 1 amide bonds. The molecule has 10 heteroatoms. The summed E-state index contributed by atoms with van der Waals surface area (Å²) in [5, 5.41) is 11.8. The van der Waals surface area contributed by atoms with Crippen molar-refractivity contribution in [2.75, 3.05) is 11.1 Å². The molecule has 7 nitrogen and oxygen atoms in total. The molecule has 198 valence electrons. The molecular formula is C28H29F3N6O. The van der Waals surface area contributed by atoms with Gasteiger partial charge in [-0.3, -0.25) is 10.2 Å². The van der Waals surface area contributed by atoms with E-state index < -0.39 is 17.6 Å². The van der Waals surface area contributed by atoms with Gasteiger partial charge in [-0.05, 0) is 43.4 Å². The molecule has 1 aromatic heterocycles. The summed E-state index contributed by atoms with van der Waals surface area (Å²) in [5.41, 5.74) is 13.1. The fourth-order valence-corrected chi connectivity index (χ4v) is 3.92. The van der Waals surface area contributed by atoms with Crippen molar-refractivity contribution in [2.24, 2.45) is 5.73 Å². The first-order valence-corrected chi connectivity index (χ1v) is 12.1. The number of halogens is 3. The molecule has 4 rings (SSSR count). The molecule has 38 heavy (non-hydrogen) atoms. The van der Waals surface area contributed by atoms with E-state index in [1.807, 2.05) is 6.92 Å². The van der Waals surface area contributed by atoms with Crippen molar-refractivity contribution in [3.63, 3.8) is 0 Å². The lowest BCUT2D eigenvalue weighted by atomic mass is 9.95. The van der Waals surface area contributed by atoms with Crippen LogP contribution in [0.15, 0.2) is 54.9 Å². The van der Waals surface area contributed by atoms with Crippen molar-refractivity contribution in [3.05, 3.63) is 82.7 Å². The van der Waals surface area contributed by atoms with Crippen LogP contribution in [0.3, 0.4) is 0 Å². The maximum Gasteiger partial charge on any atom is 0.416 e. The number of anilines is 2. The number of aryl methyl sites for hydroxylation is 1. The Labute approximate surface area is 219 Å². The lowest BCUT2D eigenvalue weighted by Crippen LogP contribution is -2.24. The minimum absolute atomic E-state index is 0.0280. The van der Waals surface area contributed by atoms with Gasteiger partial charge >= 0.3 is 6.18 Å². The lowest BCUT2D eigenvalue weighted by Gasteiger charge is -2.24. The van der Waals surface area contributed by atoms with Crippen LogP contribution in [0, 0.1) is 24.2 Å². The molecule has 0 bridgehead atoms. The monoisotopic (exact) mass is 522 g/mol. The van der Waals surface area contributed by atoms with Gasteiger partial charge in [0.1, 0.15) is 23.7 Å². The molecule has 6 N–H and O–H groups in total. The third kappa shape index (κ3) is 7.80. The maximum atomic E-state index is 11.8. The van der Waals surface area contributed by atoms with E-state index in [1.165, 1.54) is 37.7 Å². The summed E-state index contributed by atoms with van der Waals surface area (Å²) in [6.07, 6.45) is 2.94. The molecule has 1 saturated carbocycles. The Kier molecular flexibility index (Phi) is 9.44. The molecule has 0 spiro atoms. The zero-order chi connectivity index (χ0) is 27.7. The first-order valence-electron chi connectivity index (χ1n) is 12.1. The second-order valence-electron chi connectivity index (χ2n) is 8.84. The van der Waals surface area contributed by atoms with Gasteiger partial charge in [0.05, 0.1) is 11.1 Å². The van der Waals surface area contributed by atoms with E-state index in [4.69, 9.17) is 16.9 Å². The molecule has 3 aromatic rings. The van der Waals surface area contributed by atoms with Gasteiger partial charge in [-0.1, -0.05) is 61.6 Å². The number of hydrogen-bond donors (Lipinski definition) is 4. The molecule has 0 aliphatic heterocycles. The van der Waals surface area contributed by atoms with Gasteiger partial charge in [-0.15, -0.1) is 0 Å². The minimum Gasteiger partial charge on any atom is -0.383 e. The van der Waals surface area contributed by atoms with E-state index in [1.54, 1.807) is 24.3 Å². The van der Waals surface area contributed by atoms with E-state index in [2.05, 4.69) is 27.1 Å². The first-order chi connectivity index (χ1) is 18.1. The molecule has 2 aromatic carbocycles. The number of rotatable bonds is 4. The number of alkyl halides is 3.